The number of carboxylic acid groups (broad SMARTS) is 1. The van der Waals surface area contributed by atoms with Gasteiger partial charge in [-0.2, -0.15) is 0 Å². The minimum Gasteiger partial charge on any atom is -0.480 e. The third-order valence-electron chi connectivity index (χ3n) is 2.71. The lowest BCUT2D eigenvalue weighted by molar-refractivity contribution is -0.137. The fourth-order valence-electron chi connectivity index (χ4n) is 1.73. The van der Waals surface area contributed by atoms with Crippen molar-refractivity contribution in [2.75, 3.05) is 5.32 Å². The molecule has 1 aromatic carbocycles. The normalized spacial score (nSPS) is 12.4. The zero-order valence-electron chi connectivity index (χ0n) is 9.77. The van der Waals surface area contributed by atoms with E-state index in [4.69, 9.17) is 5.11 Å². The van der Waals surface area contributed by atoms with E-state index in [0.717, 1.165) is 22.2 Å². The van der Waals surface area contributed by atoms with Gasteiger partial charge in [-0.3, -0.25) is 9.78 Å². The Labute approximate surface area is 99.3 Å². The monoisotopic (exact) mass is 230 g/mol. The Bertz CT molecular complexity index is 566. The summed E-state index contributed by atoms with van der Waals surface area (Å²) < 4.78 is 0. The van der Waals surface area contributed by atoms with Crippen molar-refractivity contribution in [1.82, 2.24) is 4.98 Å². The molecule has 0 saturated heterocycles. The van der Waals surface area contributed by atoms with Gasteiger partial charge in [0.2, 0.25) is 0 Å². The van der Waals surface area contributed by atoms with Crippen molar-refractivity contribution in [2.24, 2.45) is 0 Å². The summed E-state index contributed by atoms with van der Waals surface area (Å²) >= 11 is 0. The highest BCUT2D eigenvalue weighted by Crippen LogP contribution is 2.24. The van der Waals surface area contributed by atoms with Gasteiger partial charge in [0.15, 0.2) is 0 Å². The van der Waals surface area contributed by atoms with Crippen molar-refractivity contribution in [3.8, 4) is 0 Å². The molecule has 1 aromatic heterocycles. The van der Waals surface area contributed by atoms with Gasteiger partial charge < -0.3 is 10.4 Å². The number of rotatable bonds is 3. The predicted molar refractivity (Wildman–Crippen MR) is 67.2 cm³/mol. The highest BCUT2D eigenvalue weighted by Gasteiger charge is 2.12. The summed E-state index contributed by atoms with van der Waals surface area (Å²) in [4.78, 5) is 15.1. The molecule has 0 spiro atoms. The summed E-state index contributed by atoms with van der Waals surface area (Å²) in [6.07, 6.45) is 1.74. The summed E-state index contributed by atoms with van der Waals surface area (Å²) in [6, 6.07) is 6.98. The maximum atomic E-state index is 10.8. The summed E-state index contributed by atoms with van der Waals surface area (Å²) in [5.74, 6) is -0.873. The zero-order chi connectivity index (χ0) is 12.4. The first-order valence-corrected chi connectivity index (χ1v) is 5.43. The molecule has 2 rings (SSSR count). The summed E-state index contributed by atoms with van der Waals surface area (Å²) in [5.41, 5.74) is 2.78. The predicted octanol–water partition coefficient (Wildman–Crippen LogP) is 2.43. The van der Waals surface area contributed by atoms with Crippen molar-refractivity contribution < 1.29 is 9.90 Å². The summed E-state index contributed by atoms with van der Waals surface area (Å²) in [6.45, 7) is 3.60. The minimum absolute atomic E-state index is 0.624. The minimum atomic E-state index is -0.873. The maximum absolute atomic E-state index is 10.8. The van der Waals surface area contributed by atoms with Crippen LogP contribution in [0.2, 0.25) is 0 Å². The molecule has 0 aliphatic carbocycles. The largest absolute Gasteiger partial charge is 0.480 e. The number of benzene rings is 1. The van der Waals surface area contributed by atoms with E-state index in [9.17, 15) is 4.79 Å². The number of aromatic nitrogens is 1. The number of hydrogen-bond donors (Lipinski definition) is 2. The van der Waals surface area contributed by atoms with Crippen LogP contribution < -0.4 is 5.32 Å². The molecule has 0 amide bonds. The molecule has 0 radical (unpaired) electrons. The van der Waals surface area contributed by atoms with Crippen LogP contribution in [0.25, 0.3) is 10.9 Å². The number of hydrogen-bond acceptors (Lipinski definition) is 3. The molecule has 0 bridgehead atoms. The van der Waals surface area contributed by atoms with Gasteiger partial charge in [0.05, 0.1) is 5.52 Å². The number of anilines is 1. The Morgan fingerprint density at radius 3 is 2.88 bits per heavy atom. The Morgan fingerprint density at radius 1 is 1.41 bits per heavy atom. The summed E-state index contributed by atoms with van der Waals surface area (Å²) in [5, 5.41) is 12.8. The van der Waals surface area contributed by atoms with Crippen LogP contribution in [-0.2, 0) is 4.79 Å². The third kappa shape index (κ3) is 2.20. The number of carbonyl (C=O) groups is 1. The van der Waals surface area contributed by atoms with E-state index >= 15 is 0 Å². The average Bonchev–Trinajstić information content (AvgIpc) is 2.33. The molecule has 2 aromatic rings. The first kappa shape index (κ1) is 11.4. The molecule has 0 saturated carbocycles. The number of nitrogens with one attached hydrogen (secondary N) is 1. The van der Waals surface area contributed by atoms with E-state index in [1.165, 1.54) is 0 Å². The fraction of sp³-hybridized carbons (Fsp3) is 0.231. The van der Waals surface area contributed by atoms with Gasteiger partial charge in [-0.1, -0.05) is 6.07 Å². The van der Waals surface area contributed by atoms with E-state index in [-0.39, 0.29) is 0 Å². The van der Waals surface area contributed by atoms with Gasteiger partial charge in [0.25, 0.3) is 0 Å². The molecule has 1 heterocycles. The molecule has 4 heteroatoms. The van der Waals surface area contributed by atoms with Crippen LogP contribution in [0.3, 0.4) is 0 Å². The Hall–Kier alpha value is -2.10. The highest BCUT2D eigenvalue weighted by molar-refractivity contribution is 5.94. The molecule has 0 aliphatic rings. The molecule has 1 unspecified atom stereocenters. The second-order valence-electron chi connectivity index (χ2n) is 4.03. The smallest absolute Gasteiger partial charge is 0.325 e. The second-order valence-corrected chi connectivity index (χ2v) is 4.03. The Balaban J connectivity index is 2.48. The van der Waals surface area contributed by atoms with Gasteiger partial charge in [0.1, 0.15) is 6.04 Å². The standard InChI is InChI=1S/C13H14N2O2/c1-8-5-6-11(15-9(2)13(16)17)10-4-3-7-14-12(8)10/h3-7,9,15H,1-2H3,(H,16,17). The highest BCUT2D eigenvalue weighted by atomic mass is 16.4. The van der Waals surface area contributed by atoms with E-state index in [2.05, 4.69) is 10.3 Å². The van der Waals surface area contributed by atoms with Crippen LogP contribution >= 0.6 is 0 Å². The maximum Gasteiger partial charge on any atom is 0.325 e. The van der Waals surface area contributed by atoms with Crippen molar-refractivity contribution in [2.45, 2.75) is 19.9 Å². The molecule has 17 heavy (non-hydrogen) atoms. The van der Waals surface area contributed by atoms with Crippen LogP contribution in [-0.4, -0.2) is 22.1 Å². The number of aliphatic carboxylic acids is 1. The summed E-state index contributed by atoms with van der Waals surface area (Å²) in [7, 11) is 0. The van der Waals surface area contributed by atoms with Gasteiger partial charge in [-0.25, -0.2) is 0 Å². The Kier molecular flexibility index (Phi) is 2.95. The molecule has 1 atom stereocenters. The number of pyridine rings is 1. The third-order valence-corrected chi connectivity index (χ3v) is 2.71. The number of fused-ring (bicyclic) bond motifs is 1. The van der Waals surface area contributed by atoms with Crippen LogP contribution in [0.5, 0.6) is 0 Å². The van der Waals surface area contributed by atoms with Gasteiger partial charge in [-0.15, -0.1) is 0 Å². The van der Waals surface area contributed by atoms with Crippen LogP contribution in [0.4, 0.5) is 5.69 Å². The quantitative estimate of drug-likeness (QED) is 0.850. The molecule has 4 nitrogen and oxygen atoms in total. The van der Waals surface area contributed by atoms with Crippen LogP contribution in [0.15, 0.2) is 30.5 Å². The zero-order valence-corrected chi connectivity index (χ0v) is 9.77. The molecule has 88 valence electrons. The molecular weight excluding hydrogens is 216 g/mol. The molecule has 0 aliphatic heterocycles. The molecular formula is C13H14N2O2. The number of nitrogens with zero attached hydrogens (tertiary/aromatic N) is 1. The van der Waals surface area contributed by atoms with Crippen molar-refractivity contribution in [3.63, 3.8) is 0 Å². The van der Waals surface area contributed by atoms with E-state index in [0.29, 0.717) is 0 Å². The van der Waals surface area contributed by atoms with Crippen LogP contribution in [0, 0.1) is 6.92 Å². The van der Waals surface area contributed by atoms with E-state index < -0.39 is 12.0 Å². The fourth-order valence-corrected chi connectivity index (χ4v) is 1.73. The van der Waals surface area contributed by atoms with E-state index in [1.54, 1.807) is 13.1 Å². The van der Waals surface area contributed by atoms with Gasteiger partial charge in [-0.05, 0) is 37.6 Å². The van der Waals surface area contributed by atoms with Crippen LogP contribution in [0.1, 0.15) is 12.5 Å². The van der Waals surface area contributed by atoms with Crippen molar-refractivity contribution >= 4 is 22.6 Å². The second kappa shape index (κ2) is 4.41. The number of aryl methyl sites for hydroxylation is 1. The lowest BCUT2D eigenvalue weighted by Crippen LogP contribution is -2.25. The SMILES string of the molecule is Cc1ccc(NC(C)C(=O)O)c2cccnc12. The van der Waals surface area contributed by atoms with Gasteiger partial charge in [0, 0.05) is 17.3 Å². The lowest BCUT2D eigenvalue weighted by atomic mass is 10.1. The average molecular weight is 230 g/mol. The molecule has 2 N–H and O–H groups in total. The molecule has 0 fully saturated rings. The van der Waals surface area contributed by atoms with Crippen molar-refractivity contribution in [1.29, 1.82) is 0 Å². The lowest BCUT2D eigenvalue weighted by Gasteiger charge is -2.13. The Morgan fingerprint density at radius 2 is 2.18 bits per heavy atom. The topological polar surface area (TPSA) is 62.2 Å². The van der Waals surface area contributed by atoms with Crippen molar-refractivity contribution in [3.05, 3.63) is 36.0 Å². The van der Waals surface area contributed by atoms with Gasteiger partial charge >= 0.3 is 5.97 Å². The first-order valence-electron chi connectivity index (χ1n) is 5.43. The van der Waals surface area contributed by atoms with E-state index in [1.807, 2.05) is 31.2 Å². The number of carboxylic acids is 1. The first-order chi connectivity index (χ1) is 8.09.